The van der Waals surface area contributed by atoms with E-state index in [0.717, 1.165) is 11.3 Å². The summed E-state index contributed by atoms with van der Waals surface area (Å²) in [4.78, 5) is 29.4. The van der Waals surface area contributed by atoms with E-state index < -0.39 is 0 Å². The number of nitrogens with zero attached hydrogens (tertiary/aromatic N) is 2. The number of anilines is 1. The molecule has 4 heteroatoms. The Hall–Kier alpha value is -2.62. The zero-order valence-electron chi connectivity index (χ0n) is 15.5. The molecule has 2 amide bonds. The second-order valence-electron chi connectivity index (χ2n) is 6.70. The average Bonchev–Trinajstić information content (AvgIpc) is 3.48. The molecule has 2 aromatic carbocycles. The normalized spacial score (nSPS) is 18.2. The van der Waals surface area contributed by atoms with Crippen molar-refractivity contribution in [3.63, 3.8) is 0 Å². The molecule has 26 heavy (non-hydrogen) atoms. The predicted octanol–water partition coefficient (Wildman–Crippen LogP) is 3.72. The Morgan fingerprint density at radius 2 is 1.42 bits per heavy atom. The molecule has 0 heterocycles. The van der Waals surface area contributed by atoms with Crippen molar-refractivity contribution in [1.82, 2.24) is 4.90 Å². The fourth-order valence-corrected chi connectivity index (χ4v) is 3.40. The molecule has 1 aliphatic rings. The Kier molecular flexibility index (Phi) is 5.71. The quantitative estimate of drug-likeness (QED) is 0.763. The summed E-state index contributed by atoms with van der Waals surface area (Å²) in [6, 6.07) is 19.7. The lowest BCUT2D eigenvalue weighted by molar-refractivity contribution is -0.134. The second-order valence-corrected chi connectivity index (χ2v) is 6.70. The van der Waals surface area contributed by atoms with Crippen LogP contribution in [0.1, 0.15) is 25.8 Å². The van der Waals surface area contributed by atoms with E-state index in [4.69, 9.17) is 0 Å². The highest BCUT2D eigenvalue weighted by molar-refractivity contribution is 6.01. The first-order chi connectivity index (χ1) is 12.7. The van der Waals surface area contributed by atoms with E-state index in [9.17, 15) is 9.59 Å². The minimum atomic E-state index is -0.188. The molecular formula is C22H26N2O2. The number of amides is 2. The van der Waals surface area contributed by atoms with Crippen molar-refractivity contribution in [3.8, 4) is 0 Å². The number of rotatable bonds is 7. The first-order valence-corrected chi connectivity index (χ1v) is 9.34. The van der Waals surface area contributed by atoms with Crippen LogP contribution in [0.25, 0.3) is 0 Å². The monoisotopic (exact) mass is 350 g/mol. The maximum Gasteiger partial charge on any atom is 0.230 e. The average molecular weight is 350 g/mol. The SMILES string of the molecule is CCN(Cc1ccccc1)C(=O)C1CC1C(=O)N(CC)c1ccccc1. The van der Waals surface area contributed by atoms with Gasteiger partial charge in [-0.25, -0.2) is 0 Å². The molecule has 4 nitrogen and oxygen atoms in total. The van der Waals surface area contributed by atoms with E-state index in [1.54, 1.807) is 4.90 Å². The van der Waals surface area contributed by atoms with Gasteiger partial charge < -0.3 is 9.80 Å². The van der Waals surface area contributed by atoms with Gasteiger partial charge in [-0.15, -0.1) is 0 Å². The molecule has 0 spiro atoms. The number of carbonyl (C=O) groups excluding carboxylic acids is 2. The van der Waals surface area contributed by atoms with Crippen molar-refractivity contribution >= 4 is 17.5 Å². The summed E-state index contributed by atoms with van der Waals surface area (Å²) in [5.74, 6) is -0.206. The highest BCUT2D eigenvalue weighted by atomic mass is 16.2. The van der Waals surface area contributed by atoms with Crippen LogP contribution in [0.3, 0.4) is 0 Å². The van der Waals surface area contributed by atoms with Gasteiger partial charge in [-0.05, 0) is 38.0 Å². The molecule has 1 saturated carbocycles. The van der Waals surface area contributed by atoms with Crippen molar-refractivity contribution in [2.24, 2.45) is 11.8 Å². The Morgan fingerprint density at radius 1 is 0.846 bits per heavy atom. The van der Waals surface area contributed by atoms with Crippen LogP contribution in [0.15, 0.2) is 60.7 Å². The van der Waals surface area contributed by atoms with Gasteiger partial charge in [0, 0.05) is 25.3 Å². The summed E-state index contributed by atoms with van der Waals surface area (Å²) in [5.41, 5.74) is 2.01. The molecule has 2 unspecified atom stereocenters. The molecule has 0 N–H and O–H groups in total. The van der Waals surface area contributed by atoms with E-state index in [-0.39, 0.29) is 23.7 Å². The third kappa shape index (κ3) is 3.96. The Bertz CT molecular complexity index is 745. The van der Waals surface area contributed by atoms with Crippen molar-refractivity contribution in [2.75, 3.05) is 18.0 Å². The standard InChI is InChI=1S/C22H26N2O2/c1-3-23(16-17-11-7-5-8-12-17)21(25)19-15-20(19)22(26)24(4-2)18-13-9-6-10-14-18/h5-14,19-20H,3-4,15-16H2,1-2H3. The van der Waals surface area contributed by atoms with Gasteiger partial charge in [0.2, 0.25) is 11.8 Å². The molecule has 0 saturated heterocycles. The highest BCUT2D eigenvalue weighted by Gasteiger charge is 2.50. The molecular weight excluding hydrogens is 324 g/mol. The number of benzene rings is 2. The summed E-state index contributed by atoms with van der Waals surface area (Å²) < 4.78 is 0. The van der Waals surface area contributed by atoms with Gasteiger partial charge in [0.05, 0.1) is 11.8 Å². The first-order valence-electron chi connectivity index (χ1n) is 9.34. The van der Waals surface area contributed by atoms with Crippen LogP contribution in [-0.4, -0.2) is 29.8 Å². The third-order valence-corrected chi connectivity index (χ3v) is 4.98. The van der Waals surface area contributed by atoms with Crippen molar-refractivity contribution in [3.05, 3.63) is 66.2 Å². The van der Waals surface area contributed by atoms with E-state index >= 15 is 0 Å². The molecule has 136 valence electrons. The van der Waals surface area contributed by atoms with Gasteiger partial charge >= 0.3 is 0 Å². The summed E-state index contributed by atoms with van der Waals surface area (Å²) in [7, 11) is 0. The molecule has 0 aromatic heterocycles. The number of carbonyl (C=O) groups is 2. The smallest absolute Gasteiger partial charge is 0.230 e. The first kappa shape index (κ1) is 18.2. The topological polar surface area (TPSA) is 40.6 Å². The minimum absolute atomic E-state index is 0.0628. The predicted molar refractivity (Wildman–Crippen MR) is 104 cm³/mol. The summed E-state index contributed by atoms with van der Waals surface area (Å²) in [6.07, 6.45) is 0.659. The lowest BCUT2D eigenvalue weighted by atomic mass is 10.2. The Balaban J connectivity index is 1.64. The van der Waals surface area contributed by atoms with E-state index in [1.807, 2.05) is 79.4 Å². The van der Waals surface area contributed by atoms with Crippen LogP contribution in [0.4, 0.5) is 5.69 Å². The molecule has 3 rings (SSSR count). The molecule has 1 fully saturated rings. The van der Waals surface area contributed by atoms with Crippen molar-refractivity contribution in [1.29, 1.82) is 0 Å². The maximum absolute atomic E-state index is 12.9. The van der Waals surface area contributed by atoms with Gasteiger partial charge in [0.25, 0.3) is 0 Å². The lowest BCUT2D eigenvalue weighted by Crippen LogP contribution is -2.36. The van der Waals surface area contributed by atoms with E-state index in [0.29, 0.717) is 26.1 Å². The molecule has 2 atom stereocenters. The molecule has 0 aliphatic heterocycles. The van der Waals surface area contributed by atoms with Gasteiger partial charge in [-0.1, -0.05) is 48.5 Å². The Labute approximate surface area is 155 Å². The van der Waals surface area contributed by atoms with Crippen LogP contribution in [0, 0.1) is 11.8 Å². The molecule has 0 radical (unpaired) electrons. The van der Waals surface area contributed by atoms with Gasteiger partial charge in [-0.3, -0.25) is 9.59 Å². The summed E-state index contributed by atoms with van der Waals surface area (Å²) in [6.45, 7) is 5.83. The molecule has 1 aliphatic carbocycles. The van der Waals surface area contributed by atoms with Gasteiger partial charge in [0.15, 0.2) is 0 Å². The third-order valence-electron chi connectivity index (χ3n) is 4.98. The largest absolute Gasteiger partial charge is 0.338 e. The second kappa shape index (κ2) is 8.17. The Morgan fingerprint density at radius 3 is 2.00 bits per heavy atom. The van der Waals surface area contributed by atoms with Crippen molar-refractivity contribution in [2.45, 2.75) is 26.8 Å². The van der Waals surface area contributed by atoms with Crippen LogP contribution >= 0.6 is 0 Å². The number of para-hydroxylation sites is 1. The fraction of sp³-hybridized carbons (Fsp3) is 0.364. The van der Waals surface area contributed by atoms with Crippen LogP contribution in [0.5, 0.6) is 0 Å². The summed E-state index contributed by atoms with van der Waals surface area (Å²) in [5, 5.41) is 0. The van der Waals surface area contributed by atoms with Crippen LogP contribution in [-0.2, 0) is 16.1 Å². The highest BCUT2D eigenvalue weighted by Crippen LogP contribution is 2.42. The fourth-order valence-electron chi connectivity index (χ4n) is 3.40. The summed E-state index contributed by atoms with van der Waals surface area (Å²) >= 11 is 0. The van der Waals surface area contributed by atoms with E-state index in [1.165, 1.54) is 0 Å². The zero-order chi connectivity index (χ0) is 18.5. The molecule has 2 aromatic rings. The lowest BCUT2D eigenvalue weighted by Gasteiger charge is -2.23. The van der Waals surface area contributed by atoms with E-state index in [2.05, 4.69) is 0 Å². The van der Waals surface area contributed by atoms with Crippen LogP contribution in [0.2, 0.25) is 0 Å². The minimum Gasteiger partial charge on any atom is -0.338 e. The number of hydrogen-bond donors (Lipinski definition) is 0. The van der Waals surface area contributed by atoms with Crippen LogP contribution < -0.4 is 4.90 Å². The zero-order valence-corrected chi connectivity index (χ0v) is 15.5. The van der Waals surface area contributed by atoms with Crippen molar-refractivity contribution < 1.29 is 9.59 Å². The molecule has 0 bridgehead atoms. The van der Waals surface area contributed by atoms with Gasteiger partial charge in [0.1, 0.15) is 0 Å². The number of hydrogen-bond acceptors (Lipinski definition) is 2. The van der Waals surface area contributed by atoms with Gasteiger partial charge in [-0.2, -0.15) is 0 Å². The maximum atomic E-state index is 12.9.